The van der Waals surface area contributed by atoms with Gasteiger partial charge in [0.05, 0.1) is 20.8 Å². The molecular formula is C19H30IN5O2. The highest BCUT2D eigenvalue weighted by Gasteiger charge is 2.07. The minimum atomic E-state index is 0. The summed E-state index contributed by atoms with van der Waals surface area (Å²) in [6.07, 6.45) is 3.78. The van der Waals surface area contributed by atoms with E-state index < -0.39 is 0 Å². The molecule has 7 nitrogen and oxygen atoms in total. The lowest BCUT2D eigenvalue weighted by Gasteiger charge is -2.16. The van der Waals surface area contributed by atoms with Crippen LogP contribution in [0.5, 0.6) is 11.5 Å². The number of hydrogen-bond donors (Lipinski definition) is 2. The molecule has 0 spiro atoms. The average molecular weight is 487 g/mol. The molecule has 0 bridgehead atoms. The molecule has 0 amide bonds. The largest absolute Gasteiger partial charge is 0.497 e. The Kier molecular flexibility index (Phi) is 10.6. The summed E-state index contributed by atoms with van der Waals surface area (Å²) >= 11 is 0. The van der Waals surface area contributed by atoms with Crippen molar-refractivity contribution in [3.8, 4) is 11.5 Å². The van der Waals surface area contributed by atoms with Crippen molar-refractivity contribution >= 4 is 29.9 Å². The number of aromatic nitrogens is 2. The maximum Gasteiger partial charge on any atom is 0.191 e. The van der Waals surface area contributed by atoms with Crippen LogP contribution in [0.3, 0.4) is 0 Å². The summed E-state index contributed by atoms with van der Waals surface area (Å²) in [7, 11) is 3.30. The van der Waals surface area contributed by atoms with Gasteiger partial charge in [-0.1, -0.05) is 6.92 Å². The van der Waals surface area contributed by atoms with E-state index in [2.05, 4.69) is 34.6 Å². The fraction of sp³-hybridized carbons (Fsp3) is 0.474. The molecule has 150 valence electrons. The van der Waals surface area contributed by atoms with Crippen LogP contribution < -0.4 is 20.1 Å². The Hall–Kier alpha value is -1.97. The first-order valence-electron chi connectivity index (χ1n) is 8.86. The van der Waals surface area contributed by atoms with Crippen LogP contribution in [0.1, 0.15) is 19.4 Å². The Morgan fingerprint density at radius 2 is 2.07 bits per heavy atom. The van der Waals surface area contributed by atoms with Crippen molar-refractivity contribution in [3.63, 3.8) is 0 Å². The molecule has 2 N–H and O–H groups in total. The van der Waals surface area contributed by atoms with Crippen molar-refractivity contribution in [1.29, 1.82) is 0 Å². The zero-order chi connectivity index (χ0) is 18.8. The number of aliphatic imine (C=N–C) groups is 1. The number of benzene rings is 1. The number of ether oxygens (including phenoxy) is 2. The van der Waals surface area contributed by atoms with Crippen molar-refractivity contribution in [3.05, 3.63) is 42.2 Å². The molecule has 1 aromatic heterocycles. The fourth-order valence-corrected chi connectivity index (χ4v) is 2.55. The van der Waals surface area contributed by atoms with Crippen LogP contribution in [0.2, 0.25) is 0 Å². The number of nitrogens with one attached hydrogen (secondary N) is 2. The molecule has 1 unspecified atom stereocenters. The van der Waals surface area contributed by atoms with Crippen molar-refractivity contribution in [2.75, 3.05) is 27.3 Å². The van der Waals surface area contributed by atoms with E-state index >= 15 is 0 Å². The first-order valence-corrected chi connectivity index (χ1v) is 8.86. The van der Waals surface area contributed by atoms with Gasteiger partial charge < -0.3 is 20.1 Å². The van der Waals surface area contributed by atoms with E-state index in [1.165, 1.54) is 0 Å². The molecule has 2 rings (SSSR count). The van der Waals surface area contributed by atoms with Crippen LogP contribution >= 0.6 is 24.0 Å². The van der Waals surface area contributed by atoms with E-state index in [0.29, 0.717) is 12.5 Å². The molecule has 0 radical (unpaired) electrons. The molecule has 1 atom stereocenters. The van der Waals surface area contributed by atoms with E-state index in [4.69, 9.17) is 9.47 Å². The summed E-state index contributed by atoms with van der Waals surface area (Å²) in [4.78, 5) is 4.67. The lowest BCUT2D eigenvalue weighted by Crippen LogP contribution is -2.40. The van der Waals surface area contributed by atoms with Gasteiger partial charge in [-0.25, -0.2) is 4.99 Å². The van der Waals surface area contributed by atoms with Crippen LogP contribution in [0.15, 0.2) is 41.7 Å². The third kappa shape index (κ3) is 7.66. The van der Waals surface area contributed by atoms with Gasteiger partial charge in [0.25, 0.3) is 0 Å². The molecule has 0 saturated carbocycles. The number of methoxy groups -OCH3 is 2. The zero-order valence-corrected chi connectivity index (χ0v) is 18.8. The van der Waals surface area contributed by atoms with E-state index in [0.717, 1.165) is 42.7 Å². The maximum atomic E-state index is 5.44. The lowest BCUT2D eigenvalue weighted by molar-refractivity contribution is 0.391. The van der Waals surface area contributed by atoms with Crippen LogP contribution in [0.25, 0.3) is 0 Å². The molecule has 1 heterocycles. The molecule has 0 fully saturated rings. The summed E-state index contributed by atoms with van der Waals surface area (Å²) in [6.45, 7) is 7.25. The average Bonchev–Trinajstić information content (AvgIpc) is 3.16. The van der Waals surface area contributed by atoms with Crippen molar-refractivity contribution in [2.24, 2.45) is 10.9 Å². The predicted octanol–water partition coefficient (Wildman–Crippen LogP) is 2.91. The van der Waals surface area contributed by atoms with Gasteiger partial charge in [-0.3, -0.25) is 4.68 Å². The summed E-state index contributed by atoms with van der Waals surface area (Å²) in [5, 5.41) is 10.9. The summed E-state index contributed by atoms with van der Waals surface area (Å²) < 4.78 is 12.6. The van der Waals surface area contributed by atoms with Crippen LogP contribution in [0, 0.1) is 5.92 Å². The highest BCUT2D eigenvalue weighted by atomic mass is 127. The van der Waals surface area contributed by atoms with Gasteiger partial charge in [0.2, 0.25) is 0 Å². The molecule has 0 saturated heterocycles. The highest BCUT2D eigenvalue weighted by Crippen LogP contribution is 2.25. The second-order valence-electron chi connectivity index (χ2n) is 6.09. The second-order valence-corrected chi connectivity index (χ2v) is 6.09. The Morgan fingerprint density at radius 3 is 2.70 bits per heavy atom. The topological polar surface area (TPSA) is 72.7 Å². The van der Waals surface area contributed by atoms with Crippen molar-refractivity contribution in [2.45, 2.75) is 26.9 Å². The van der Waals surface area contributed by atoms with Crippen LogP contribution in [-0.2, 0) is 13.1 Å². The zero-order valence-electron chi connectivity index (χ0n) is 16.4. The van der Waals surface area contributed by atoms with Crippen LogP contribution in [0.4, 0.5) is 0 Å². The number of halogens is 1. The van der Waals surface area contributed by atoms with Gasteiger partial charge in [0, 0.05) is 43.7 Å². The van der Waals surface area contributed by atoms with Gasteiger partial charge in [-0.15, -0.1) is 24.0 Å². The van der Waals surface area contributed by atoms with Gasteiger partial charge in [-0.05, 0) is 31.0 Å². The van der Waals surface area contributed by atoms with E-state index in [9.17, 15) is 0 Å². The van der Waals surface area contributed by atoms with Crippen molar-refractivity contribution in [1.82, 2.24) is 20.4 Å². The second kappa shape index (κ2) is 12.4. The molecule has 0 aliphatic heterocycles. The quantitative estimate of drug-likeness (QED) is 0.324. The molecule has 8 heteroatoms. The fourth-order valence-electron chi connectivity index (χ4n) is 2.55. The number of hydrogen-bond acceptors (Lipinski definition) is 4. The van der Waals surface area contributed by atoms with Gasteiger partial charge in [-0.2, -0.15) is 5.10 Å². The van der Waals surface area contributed by atoms with Gasteiger partial charge in [0.1, 0.15) is 11.5 Å². The smallest absolute Gasteiger partial charge is 0.191 e. The number of rotatable bonds is 9. The third-order valence-corrected chi connectivity index (χ3v) is 3.92. The number of nitrogens with zero attached hydrogens (tertiary/aromatic N) is 3. The van der Waals surface area contributed by atoms with E-state index in [-0.39, 0.29) is 24.0 Å². The van der Waals surface area contributed by atoms with Gasteiger partial charge >= 0.3 is 0 Å². The molecule has 27 heavy (non-hydrogen) atoms. The highest BCUT2D eigenvalue weighted by molar-refractivity contribution is 14.0. The van der Waals surface area contributed by atoms with E-state index in [1.807, 2.05) is 35.1 Å². The Bertz CT molecular complexity index is 691. The summed E-state index contributed by atoms with van der Waals surface area (Å²) in [5.74, 6) is 2.76. The monoisotopic (exact) mass is 487 g/mol. The summed E-state index contributed by atoms with van der Waals surface area (Å²) in [6, 6.07) is 7.70. The molecule has 0 aliphatic rings. The minimum absolute atomic E-state index is 0. The Balaban J connectivity index is 0.00000364. The molecule has 1 aromatic carbocycles. The Labute approximate surface area is 178 Å². The first-order chi connectivity index (χ1) is 12.7. The maximum absolute atomic E-state index is 5.44. The SMILES string of the molecule is CCNC(=NCc1ccc(OC)cc1OC)NCC(C)Cn1cccn1.I. The first kappa shape index (κ1) is 23.1. The molecule has 2 aromatic rings. The van der Waals surface area contributed by atoms with E-state index in [1.54, 1.807) is 20.4 Å². The minimum Gasteiger partial charge on any atom is -0.497 e. The standard InChI is InChI=1S/C19H29N5O2.HI/c1-5-20-19(21-12-15(2)14-24-10-6-9-23-24)22-13-16-7-8-17(25-3)11-18(16)26-4;/h6-11,15H,5,12-14H2,1-4H3,(H2,20,21,22);1H. The number of guanidine groups is 1. The predicted molar refractivity (Wildman–Crippen MR) is 119 cm³/mol. The Morgan fingerprint density at radius 1 is 1.26 bits per heavy atom. The van der Waals surface area contributed by atoms with Crippen LogP contribution in [-0.4, -0.2) is 43.0 Å². The third-order valence-electron chi connectivity index (χ3n) is 3.92. The molecule has 0 aliphatic carbocycles. The normalized spacial score (nSPS) is 12.1. The van der Waals surface area contributed by atoms with Gasteiger partial charge in [0.15, 0.2) is 5.96 Å². The lowest BCUT2D eigenvalue weighted by atomic mass is 10.2. The molecular weight excluding hydrogens is 457 g/mol. The summed E-state index contributed by atoms with van der Waals surface area (Å²) in [5.41, 5.74) is 1.01. The van der Waals surface area contributed by atoms with Crippen molar-refractivity contribution < 1.29 is 9.47 Å².